The lowest BCUT2D eigenvalue weighted by molar-refractivity contribution is -0.155. The average molecular weight is 930 g/mol. The summed E-state index contributed by atoms with van der Waals surface area (Å²) in [6.07, 6.45) is 4.51. The van der Waals surface area contributed by atoms with Crippen LogP contribution in [0.4, 0.5) is 0 Å². The average Bonchev–Trinajstić information content (AvgIpc) is 4.04. The number of likely N-dealkylation sites (tertiary alicyclic amines) is 1. The number of hydrogen-bond acceptors (Lipinski definition) is 10. The SMILES string of the molecule is C=CC(=O)N1C[C@@H](C(=O)N(C)C(C(=O)N[C@H]2Cc3cccc(c3)-c3ccc4c(c3)c(c(-c3cccnc3[C@H](C)OC)n4CC)CC(C)(C)COC(=O)[C@@H]3CCCN(N3)C2=O)C(C)C)[C@H]2COC[C@H]21. The van der Waals surface area contributed by atoms with Gasteiger partial charge in [0.15, 0.2) is 0 Å². The first-order chi connectivity index (χ1) is 32.5. The van der Waals surface area contributed by atoms with Gasteiger partial charge >= 0.3 is 5.97 Å². The molecular formula is C53H67N7O8. The molecule has 15 heteroatoms. The molecule has 3 saturated heterocycles. The largest absolute Gasteiger partial charge is 0.464 e. The number of rotatable bonds is 10. The van der Waals surface area contributed by atoms with Crippen LogP contribution in [-0.2, 0) is 57.6 Å². The quantitative estimate of drug-likeness (QED) is 0.145. The Labute approximate surface area is 399 Å². The van der Waals surface area contributed by atoms with Gasteiger partial charge in [-0.05, 0) is 91.6 Å². The van der Waals surface area contributed by atoms with Crippen molar-refractivity contribution in [3.05, 3.63) is 90.3 Å². The molecule has 68 heavy (non-hydrogen) atoms. The van der Waals surface area contributed by atoms with Gasteiger partial charge in [-0.3, -0.25) is 34.0 Å². The van der Waals surface area contributed by atoms with Crippen molar-refractivity contribution >= 4 is 40.5 Å². The number of aromatic nitrogens is 2. The second kappa shape index (κ2) is 20.0. The number of nitrogens with one attached hydrogen (secondary N) is 2. The number of ether oxygens (including phenoxy) is 3. The van der Waals surface area contributed by atoms with E-state index >= 15 is 0 Å². The first kappa shape index (κ1) is 48.6. The maximum Gasteiger partial charge on any atom is 0.324 e. The topological polar surface area (TPSA) is 165 Å². The van der Waals surface area contributed by atoms with Crippen LogP contribution in [0.15, 0.2) is 73.4 Å². The molecule has 8 rings (SSSR count). The van der Waals surface area contributed by atoms with Crippen LogP contribution in [0.5, 0.6) is 0 Å². The normalized spacial score (nSPS) is 23.7. The van der Waals surface area contributed by atoms with Crippen LogP contribution in [0.1, 0.15) is 77.3 Å². The number of hydrazine groups is 1. The summed E-state index contributed by atoms with van der Waals surface area (Å²) in [5.41, 5.74) is 10.4. The van der Waals surface area contributed by atoms with Crippen LogP contribution in [0.25, 0.3) is 33.3 Å². The zero-order valence-electron chi connectivity index (χ0n) is 40.7. The van der Waals surface area contributed by atoms with E-state index in [9.17, 15) is 24.0 Å². The van der Waals surface area contributed by atoms with E-state index in [4.69, 9.17) is 19.2 Å². The van der Waals surface area contributed by atoms with E-state index in [0.29, 0.717) is 45.6 Å². The number of carbonyl (C=O) groups is 5. The van der Waals surface area contributed by atoms with E-state index < -0.39 is 47.2 Å². The monoisotopic (exact) mass is 930 g/mol. The van der Waals surface area contributed by atoms with Gasteiger partial charge in [-0.25, -0.2) is 5.43 Å². The van der Waals surface area contributed by atoms with Gasteiger partial charge in [0.25, 0.3) is 5.91 Å². The Balaban J connectivity index is 1.17. The van der Waals surface area contributed by atoms with Gasteiger partial charge in [0.2, 0.25) is 17.7 Å². The molecule has 2 N–H and O–H groups in total. The number of fused-ring (bicyclic) bond motifs is 7. The van der Waals surface area contributed by atoms with Gasteiger partial charge in [0.05, 0.1) is 49.3 Å². The third-order valence-electron chi connectivity index (χ3n) is 14.5. The zero-order valence-corrected chi connectivity index (χ0v) is 40.7. The number of amides is 4. The summed E-state index contributed by atoms with van der Waals surface area (Å²) >= 11 is 0. The summed E-state index contributed by atoms with van der Waals surface area (Å²) in [4.78, 5) is 78.6. The fraction of sp³-hybridized carbons (Fsp3) is 0.509. The summed E-state index contributed by atoms with van der Waals surface area (Å²) in [6.45, 7) is 17.7. The van der Waals surface area contributed by atoms with Gasteiger partial charge in [-0.1, -0.05) is 64.6 Å². The highest BCUT2D eigenvalue weighted by atomic mass is 16.5. The maximum absolute atomic E-state index is 14.8. The predicted octanol–water partition coefficient (Wildman–Crippen LogP) is 5.89. The summed E-state index contributed by atoms with van der Waals surface area (Å²) < 4.78 is 20.0. The molecule has 4 aromatic rings. The van der Waals surface area contributed by atoms with Crippen molar-refractivity contribution in [2.45, 2.75) is 104 Å². The van der Waals surface area contributed by atoms with Crippen LogP contribution < -0.4 is 10.7 Å². The van der Waals surface area contributed by atoms with Crippen LogP contribution in [0, 0.1) is 23.2 Å². The van der Waals surface area contributed by atoms with Crippen molar-refractivity contribution in [1.29, 1.82) is 0 Å². The third-order valence-corrected chi connectivity index (χ3v) is 14.5. The number of carbonyl (C=O) groups excluding carboxylic acids is 5. The number of likely N-dealkylation sites (N-methyl/N-ethyl adjacent to an activating group) is 1. The summed E-state index contributed by atoms with van der Waals surface area (Å²) in [5, 5.41) is 5.59. The molecular weight excluding hydrogens is 863 g/mol. The number of benzene rings is 2. The number of pyridine rings is 1. The lowest BCUT2D eigenvalue weighted by atomic mass is 9.84. The Morgan fingerprint density at radius 1 is 1.07 bits per heavy atom. The highest BCUT2D eigenvalue weighted by molar-refractivity contribution is 5.96. The van der Waals surface area contributed by atoms with Crippen molar-refractivity contribution in [3.63, 3.8) is 0 Å². The fourth-order valence-corrected chi connectivity index (χ4v) is 10.9. The van der Waals surface area contributed by atoms with Crippen LogP contribution in [0.3, 0.4) is 0 Å². The Morgan fingerprint density at radius 3 is 2.59 bits per heavy atom. The van der Waals surface area contributed by atoms with Crippen LogP contribution in [-0.4, -0.2) is 125 Å². The summed E-state index contributed by atoms with van der Waals surface area (Å²) in [6, 6.07) is 15.5. The molecule has 3 fully saturated rings. The highest BCUT2D eigenvalue weighted by Crippen LogP contribution is 2.42. The molecule has 0 radical (unpaired) electrons. The molecule has 0 spiro atoms. The molecule has 362 valence electrons. The molecule has 6 heterocycles. The lowest BCUT2D eigenvalue weighted by Gasteiger charge is -2.37. The second-order valence-electron chi connectivity index (χ2n) is 20.1. The predicted molar refractivity (Wildman–Crippen MR) is 259 cm³/mol. The third kappa shape index (κ3) is 9.44. The Morgan fingerprint density at radius 2 is 1.85 bits per heavy atom. The fourth-order valence-electron chi connectivity index (χ4n) is 10.9. The van der Waals surface area contributed by atoms with Crippen molar-refractivity contribution in [2.24, 2.45) is 23.2 Å². The molecule has 2 aromatic carbocycles. The van der Waals surface area contributed by atoms with Crippen molar-refractivity contribution in [2.75, 3.05) is 47.1 Å². The molecule has 2 aromatic heterocycles. The van der Waals surface area contributed by atoms with E-state index in [-0.39, 0.29) is 55.4 Å². The first-order valence-electron chi connectivity index (χ1n) is 24.1. The molecule has 0 saturated carbocycles. The summed E-state index contributed by atoms with van der Waals surface area (Å²) in [5.74, 6) is -2.99. The van der Waals surface area contributed by atoms with E-state index in [0.717, 1.165) is 50.1 Å². The Bertz CT molecular complexity index is 2590. The number of nitrogens with zero attached hydrogens (tertiary/aromatic N) is 5. The standard InChI is InChI=1S/C53H67N7O8/c1-10-45(61)59-27-39(40-28-67-29-44(40)59)50(63)57(8)47(31(3)4)49(62)55-42-24-33-15-12-16-34(23-33)35-19-20-43-37(25-35)38(48(58(43)11-2)36-17-13-21-54-46(36)32(5)66-9)26-53(6,7)30-68-52(65)41-18-14-22-60(56-41)51(42)64/h10,12-13,15-17,19-21,23,25,31-32,39-42,44,47,56H,1,11,14,18,22,24,26-30H2,2-9H3,(H,55,62)/t32-,39+,40+,41-,42-,44+,47?/m0/s1. The molecule has 6 bridgehead atoms. The zero-order chi connectivity index (χ0) is 48.6. The highest BCUT2D eigenvalue weighted by Gasteiger charge is 2.51. The molecule has 4 aliphatic rings. The minimum Gasteiger partial charge on any atom is -0.464 e. The molecule has 4 amide bonds. The molecule has 4 aliphatic heterocycles. The number of methoxy groups -OCH3 is 1. The molecule has 0 aliphatic carbocycles. The molecule has 15 nitrogen and oxygen atoms in total. The maximum atomic E-state index is 14.8. The van der Waals surface area contributed by atoms with Crippen LogP contribution in [0.2, 0.25) is 0 Å². The second-order valence-corrected chi connectivity index (χ2v) is 20.1. The minimum atomic E-state index is -1.07. The van der Waals surface area contributed by atoms with Gasteiger partial charge in [0, 0.05) is 74.2 Å². The van der Waals surface area contributed by atoms with Gasteiger partial charge in [0.1, 0.15) is 18.1 Å². The lowest BCUT2D eigenvalue weighted by Crippen LogP contribution is -2.62. The minimum absolute atomic E-state index is 0.131. The molecule has 7 atom stereocenters. The van der Waals surface area contributed by atoms with Crippen molar-refractivity contribution < 1.29 is 38.2 Å². The molecule has 1 unspecified atom stereocenters. The van der Waals surface area contributed by atoms with Crippen molar-refractivity contribution in [3.8, 4) is 22.4 Å². The number of aryl methyl sites for hydroxylation is 1. The summed E-state index contributed by atoms with van der Waals surface area (Å²) in [7, 11) is 3.30. The van der Waals surface area contributed by atoms with E-state index in [2.05, 4.69) is 79.1 Å². The first-order valence-corrected chi connectivity index (χ1v) is 24.1. The van der Waals surface area contributed by atoms with Gasteiger partial charge in [-0.2, -0.15) is 0 Å². The number of hydrogen-bond donors (Lipinski definition) is 2. The smallest absolute Gasteiger partial charge is 0.324 e. The van der Waals surface area contributed by atoms with Crippen LogP contribution >= 0.6 is 0 Å². The number of cyclic esters (lactones) is 1. The van der Waals surface area contributed by atoms with Gasteiger partial charge < -0.3 is 33.9 Å². The van der Waals surface area contributed by atoms with E-state index in [1.54, 1.807) is 25.3 Å². The Kier molecular flexibility index (Phi) is 14.3. The van der Waals surface area contributed by atoms with Crippen molar-refractivity contribution in [1.82, 2.24) is 35.1 Å². The van der Waals surface area contributed by atoms with E-state index in [1.165, 1.54) is 16.0 Å². The number of esters is 1. The van der Waals surface area contributed by atoms with E-state index in [1.807, 2.05) is 39.0 Å². The Hall–Kier alpha value is -5.90. The van der Waals surface area contributed by atoms with Gasteiger partial charge in [-0.15, -0.1) is 0 Å².